The molecule has 1 saturated heterocycles. The zero-order valence-electron chi connectivity index (χ0n) is 10.5. The highest BCUT2D eigenvalue weighted by atomic mass is 16.6. The van der Waals surface area contributed by atoms with Crippen LogP contribution in [0.3, 0.4) is 0 Å². The van der Waals surface area contributed by atoms with Gasteiger partial charge in [-0.2, -0.15) is 0 Å². The zero-order chi connectivity index (χ0) is 13.2. The summed E-state index contributed by atoms with van der Waals surface area (Å²) in [6.07, 6.45) is -0.0923. The summed E-state index contributed by atoms with van der Waals surface area (Å²) in [5.74, 6) is -1.31. The molecule has 1 aliphatic heterocycles. The molecule has 0 bridgehead atoms. The fraction of sp³-hybridized carbons (Fsp3) is 0.727. The van der Waals surface area contributed by atoms with Gasteiger partial charge in [-0.1, -0.05) is 0 Å². The average Bonchev–Trinajstić information content (AvgIpc) is 2.24. The predicted molar refractivity (Wildman–Crippen MR) is 60.0 cm³/mol. The van der Waals surface area contributed by atoms with Crippen molar-refractivity contribution in [1.82, 2.24) is 10.6 Å². The van der Waals surface area contributed by atoms with Crippen LogP contribution in [-0.4, -0.2) is 35.5 Å². The van der Waals surface area contributed by atoms with Crippen LogP contribution in [0.15, 0.2) is 0 Å². The molecule has 2 amide bonds. The van der Waals surface area contributed by atoms with Crippen LogP contribution in [0.4, 0.5) is 0 Å². The number of ether oxygens (including phenoxy) is 1. The third kappa shape index (κ3) is 4.05. The number of amides is 2. The minimum atomic E-state index is -0.910. The molecule has 17 heavy (non-hydrogen) atoms. The largest absolute Gasteiger partial charge is 0.458 e. The van der Waals surface area contributed by atoms with Gasteiger partial charge in [-0.25, -0.2) is 4.79 Å². The lowest BCUT2D eigenvalue weighted by molar-refractivity contribution is -0.159. The van der Waals surface area contributed by atoms with E-state index in [2.05, 4.69) is 10.6 Å². The molecule has 6 nitrogen and oxygen atoms in total. The summed E-state index contributed by atoms with van der Waals surface area (Å²) in [5.41, 5.74) is -0.643. The van der Waals surface area contributed by atoms with Gasteiger partial charge in [-0.15, -0.1) is 0 Å². The van der Waals surface area contributed by atoms with E-state index in [1.54, 1.807) is 27.7 Å². The molecule has 1 rings (SSSR count). The Morgan fingerprint density at radius 2 is 1.88 bits per heavy atom. The highest BCUT2D eigenvalue weighted by molar-refractivity contribution is 5.95. The van der Waals surface area contributed by atoms with Gasteiger partial charge in [-0.3, -0.25) is 9.59 Å². The summed E-state index contributed by atoms with van der Waals surface area (Å²) in [5, 5.41) is 4.97. The first-order chi connectivity index (χ1) is 7.69. The van der Waals surface area contributed by atoms with Crippen molar-refractivity contribution in [3.8, 4) is 0 Å². The van der Waals surface area contributed by atoms with Crippen molar-refractivity contribution >= 4 is 17.8 Å². The molecule has 6 heteroatoms. The molecular weight excluding hydrogens is 224 g/mol. The second kappa shape index (κ2) is 4.73. The summed E-state index contributed by atoms with van der Waals surface area (Å²) in [7, 11) is 0. The number of nitrogens with one attached hydrogen (secondary N) is 2. The Hall–Kier alpha value is -1.59. The quantitative estimate of drug-likeness (QED) is 0.619. The zero-order valence-corrected chi connectivity index (χ0v) is 10.5. The molecule has 0 spiro atoms. The maximum absolute atomic E-state index is 11.7. The van der Waals surface area contributed by atoms with E-state index in [0.29, 0.717) is 0 Å². The van der Waals surface area contributed by atoms with Gasteiger partial charge in [-0.05, 0) is 27.7 Å². The fourth-order valence-corrected chi connectivity index (χ4v) is 1.41. The van der Waals surface area contributed by atoms with Gasteiger partial charge >= 0.3 is 5.97 Å². The Morgan fingerprint density at radius 1 is 1.29 bits per heavy atom. The predicted octanol–water partition coefficient (Wildman–Crippen LogP) is -0.279. The molecule has 0 unspecified atom stereocenters. The fourth-order valence-electron chi connectivity index (χ4n) is 1.41. The Labute approximate surface area is 100 Å². The Kier molecular flexibility index (Phi) is 3.75. The Balaban J connectivity index is 2.73. The van der Waals surface area contributed by atoms with Gasteiger partial charge in [0.2, 0.25) is 11.8 Å². The monoisotopic (exact) mass is 242 g/mol. The van der Waals surface area contributed by atoms with E-state index in [4.69, 9.17) is 4.74 Å². The van der Waals surface area contributed by atoms with Crippen LogP contribution in [0.25, 0.3) is 0 Å². The van der Waals surface area contributed by atoms with Gasteiger partial charge < -0.3 is 15.4 Å². The number of carbonyl (C=O) groups is 3. The smallest absolute Gasteiger partial charge is 0.329 e. The summed E-state index contributed by atoms with van der Waals surface area (Å²) in [6.45, 7) is 6.75. The third-order valence-electron chi connectivity index (χ3n) is 2.17. The highest BCUT2D eigenvalue weighted by Crippen LogP contribution is 2.11. The molecule has 2 atom stereocenters. The number of hydrogen-bond acceptors (Lipinski definition) is 4. The van der Waals surface area contributed by atoms with Gasteiger partial charge in [0.25, 0.3) is 0 Å². The number of carbonyl (C=O) groups excluding carboxylic acids is 3. The van der Waals surface area contributed by atoms with E-state index < -0.39 is 23.7 Å². The molecule has 96 valence electrons. The van der Waals surface area contributed by atoms with Crippen LogP contribution >= 0.6 is 0 Å². The normalized spacial score (nSPS) is 25.6. The topological polar surface area (TPSA) is 84.5 Å². The SMILES string of the molecule is C[C@@H]1NC(=O)C[C@@H](C(=O)OC(C)(C)C)NC1=O. The minimum Gasteiger partial charge on any atom is -0.458 e. The van der Waals surface area contributed by atoms with Crippen molar-refractivity contribution in [3.05, 3.63) is 0 Å². The lowest BCUT2D eigenvalue weighted by atomic mass is 10.1. The van der Waals surface area contributed by atoms with E-state index >= 15 is 0 Å². The Bertz CT molecular complexity index is 346. The first-order valence-corrected chi connectivity index (χ1v) is 5.51. The maximum atomic E-state index is 11.7. The van der Waals surface area contributed by atoms with Crippen LogP contribution < -0.4 is 10.6 Å². The number of rotatable bonds is 1. The van der Waals surface area contributed by atoms with Crippen molar-refractivity contribution < 1.29 is 19.1 Å². The summed E-state index contributed by atoms with van der Waals surface area (Å²) in [4.78, 5) is 34.7. The molecule has 0 aromatic rings. The molecule has 0 radical (unpaired) electrons. The van der Waals surface area contributed by atoms with E-state index in [1.807, 2.05) is 0 Å². The van der Waals surface area contributed by atoms with Crippen molar-refractivity contribution in [2.45, 2.75) is 51.8 Å². The van der Waals surface area contributed by atoms with Gasteiger partial charge in [0.15, 0.2) is 0 Å². The van der Waals surface area contributed by atoms with Crippen LogP contribution in [-0.2, 0) is 19.1 Å². The molecule has 0 saturated carbocycles. The molecular formula is C11H18N2O4. The van der Waals surface area contributed by atoms with Crippen molar-refractivity contribution in [1.29, 1.82) is 0 Å². The van der Waals surface area contributed by atoms with Crippen molar-refractivity contribution in [2.75, 3.05) is 0 Å². The summed E-state index contributed by atoms with van der Waals surface area (Å²) >= 11 is 0. The van der Waals surface area contributed by atoms with Gasteiger partial charge in [0, 0.05) is 0 Å². The van der Waals surface area contributed by atoms with Crippen LogP contribution in [0.5, 0.6) is 0 Å². The van der Waals surface area contributed by atoms with Crippen LogP contribution in [0.2, 0.25) is 0 Å². The summed E-state index contributed by atoms with van der Waals surface area (Å²) in [6, 6.07) is -1.54. The first kappa shape index (κ1) is 13.5. The molecule has 0 aromatic carbocycles. The van der Waals surface area contributed by atoms with Crippen molar-refractivity contribution in [3.63, 3.8) is 0 Å². The van der Waals surface area contributed by atoms with E-state index in [-0.39, 0.29) is 18.2 Å². The third-order valence-corrected chi connectivity index (χ3v) is 2.17. The first-order valence-electron chi connectivity index (χ1n) is 5.51. The van der Waals surface area contributed by atoms with Crippen molar-refractivity contribution in [2.24, 2.45) is 0 Å². The Morgan fingerprint density at radius 3 is 2.41 bits per heavy atom. The highest BCUT2D eigenvalue weighted by Gasteiger charge is 2.33. The van der Waals surface area contributed by atoms with Crippen LogP contribution in [0.1, 0.15) is 34.1 Å². The molecule has 2 N–H and O–H groups in total. The molecule has 0 aromatic heterocycles. The van der Waals surface area contributed by atoms with Gasteiger partial charge in [0.05, 0.1) is 6.42 Å². The second-order valence-electron chi connectivity index (χ2n) is 5.09. The lowest BCUT2D eigenvalue weighted by Gasteiger charge is -2.23. The van der Waals surface area contributed by atoms with E-state index in [9.17, 15) is 14.4 Å². The van der Waals surface area contributed by atoms with E-state index in [1.165, 1.54) is 0 Å². The summed E-state index contributed by atoms with van der Waals surface area (Å²) < 4.78 is 5.13. The van der Waals surface area contributed by atoms with Gasteiger partial charge in [0.1, 0.15) is 17.7 Å². The average molecular weight is 242 g/mol. The standard InChI is InChI=1S/C11H18N2O4/c1-6-9(15)13-7(5-8(14)12-6)10(16)17-11(2,3)4/h6-7H,5H2,1-4H3,(H,12,14)(H,13,15)/t6-,7-/m0/s1. The lowest BCUT2D eigenvalue weighted by Crippen LogP contribution is -2.46. The molecule has 1 aliphatic rings. The van der Waals surface area contributed by atoms with E-state index in [0.717, 1.165) is 0 Å². The molecule has 1 fully saturated rings. The second-order valence-corrected chi connectivity index (χ2v) is 5.09. The number of hydrogen-bond donors (Lipinski definition) is 2. The molecule has 1 heterocycles. The number of esters is 1. The molecule has 0 aliphatic carbocycles. The minimum absolute atomic E-state index is 0.0923. The van der Waals surface area contributed by atoms with Crippen LogP contribution in [0, 0.1) is 0 Å². The maximum Gasteiger partial charge on any atom is 0.329 e.